The highest BCUT2D eigenvalue weighted by Crippen LogP contribution is 2.32. The summed E-state index contributed by atoms with van der Waals surface area (Å²) in [5, 5.41) is 2.77. The number of fused-ring (bicyclic) bond motifs is 1. The average Bonchev–Trinajstić information content (AvgIpc) is 2.54. The van der Waals surface area contributed by atoms with E-state index in [9.17, 15) is 18.0 Å². The maximum Gasteiger partial charge on any atom is 0.269 e. The second-order valence-electron chi connectivity index (χ2n) is 6.61. The molecule has 0 spiro atoms. The predicted molar refractivity (Wildman–Crippen MR) is 82.2 cm³/mol. The summed E-state index contributed by atoms with van der Waals surface area (Å²) in [7, 11) is -3.89. The van der Waals surface area contributed by atoms with Crippen molar-refractivity contribution in [2.45, 2.75) is 51.1 Å². The fourth-order valence-corrected chi connectivity index (χ4v) is 4.11. The van der Waals surface area contributed by atoms with Gasteiger partial charge in [-0.25, -0.2) is 12.7 Å². The highest BCUT2D eigenvalue weighted by molar-refractivity contribution is 7.90. The molecule has 0 bridgehead atoms. The topological polar surface area (TPSA) is 83.6 Å². The number of hydrogen-bond acceptors (Lipinski definition) is 4. The number of carbonyl (C=O) groups excluding carboxylic acids is 2. The first kappa shape index (κ1) is 16.5. The van der Waals surface area contributed by atoms with Crippen LogP contribution in [0.2, 0.25) is 0 Å². The number of nitrogens with zero attached hydrogens (tertiary/aromatic N) is 1. The van der Waals surface area contributed by atoms with Gasteiger partial charge in [0.25, 0.3) is 21.8 Å². The first-order valence-electron chi connectivity index (χ1n) is 7.00. The number of rotatable bonds is 2. The van der Waals surface area contributed by atoms with Gasteiger partial charge in [0.15, 0.2) is 0 Å². The molecule has 0 radical (unpaired) electrons. The van der Waals surface area contributed by atoms with Gasteiger partial charge in [0, 0.05) is 17.1 Å². The summed E-state index contributed by atoms with van der Waals surface area (Å²) >= 11 is 0. The second-order valence-corrected chi connectivity index (χ2v) is 8.40. The van der Waals surface area contributed by atoms with Gasteiger partial charge in [0.2, 0.25) is 0 Å². The van der Waals surface area contributed by atoms with E-state index in [0.29, 0.717) is 0 Å². The van der Waals surface area contributed by atoms with Crippen LogP contribution in [0, 0.1) is 0 Å². The third-order valence-electron chi connectivity index (χ3n) is 3.17. The lowest BCUT2D eigenvalue weighted by molar-refractivity contribution is 0.0844. The summed E-state index contributed by atoms with van der Waals surface area (Å²) in [4.78, 5) is 24.3. The number of sulfonamides is 1. The standard InChI is InChI=1S/C15H20N2O4S/c1-9(2)17-14(19)11-7-6-10(8-12(11)22(17,20)21)13(18)16-15(3,4)5/h6-9H,1-5H3,(H,16,18). The molecule has 7 heteroatoms. The zero-order valence-corrected chi connectivity index (χ0v) is 14.1. The molecule has 0 saturated carbocycles. The van der Waals surface area contributed by atoms with Gasteiger partial charge in [-0.05, 0) is 52.8 Å². The fraction of sp³-hybridized carbons (Fsp3) is 0.467. The molecule has 0 fully saturated rings. The monoisotopic (exact) mass is 324 g/mol. The molecule has 0 saturated heterocycles. The molecule has 0 aromatic heterocycles. The lowest BCUT2D eigenvalue weighted by Crippen LogP contribution is -2.40. The lowest BCUT2D eigenvalue weighted by Gasteiger charge is -2.20. The van der Waals surface area contributed by atoms with Gasteiger partial charge in [-0.1, -0.05) is 0 Å². The molecule has 1 heterocycles. The summed E-state index contributed by atoms with van der Waals surface area (Å²) in [5.41, 5.74) is -0.106. The zero-order valence-electron chi connectivity index (χ0n) is 13.3. The first-order chi connectivity index (χ1) is 9.95. The third-order valence-corrected chi connectivity index (χ3v) is 5.17. The summed E-state index contributed by atoms with van der Waals surface area (Å²) in [6.07, 6.45) is 0. The normalized spacial score (nSPS) is 16.8. The van der Waals surface area contributed by atoms with Crippen LogP contribution in [-0.2, 0) is 10.0 Å². The van der Waals surface area contributed by atoms with E-state index in [0.717, 1.165) is 4.31 Å². The van der Waals surface area contributed by atoms with Crippen molar-refractivity contribution in [3.8, 4) is 0 Å². The van der Waals surface area contributed by atoms with Crippen LogP contribution in [0.1, 0.15) is 55.3 Å². The van der Waals surface area contributed by atoms with Crippen LogP contribution in [0.5, 0.6) is 0 Å². The molecule has 120 valence electrons. The van der Waals surface area contributed by atoms with Crippen molar-refractivity contribution in [2.75, 3.05) is 0 Å². The molecule has 1 aromatic carbocycles. The molecule has 1 aliphatic heterocycles. The maximum absolute atomic E-state index is 12.5. The van der Waals surface area contributed by atoms with Crippen LogP contribution >= 0.6 is 0 Å². The van der Waals surface area contributed by atoms with E-state index in [1.807, 2.05) is 20.8 Å². The Morgan fingerprint density at radius 1 is 1.23 bits per heavy atom. The van der Waals surface area contributed by atoms with Crippen molar-refractivity contribution >= 4 is 21.8 Å². The van der Waals surface area contributed by atoms with Crippen molar-refractivity contribution in [2.24, 2.45) is 0 Å². The molecule has 22 heavy (non-hydrogen) atoms. The van der Waals surface area contributed by atoms with Crippen LogP contribution in [0.4, 0.5) is 0 Å². The van der Waals surface area contributed by atoms with E-state index in [1.54, 1.807) is 13.8 Å². The molecular weight excluding hydrogens is 304 g/mol. The number of carbonyl (C=O) groups is 2. The Bertz CT molecular complexity index is 745. The molecule has 0 unspecified atom stereocenters. The van der Waals surface area contributed by atoms with Crippen molar-refractivity contribution in [3.05, 3.63) is 29.3 Å². The van der Waals surface area contributed by atoms with Gasteiger partial charge in [-0.3, -0.25) is 9.59 Å². The molecule has 1 N–H and O–H groups in total. The van der Waals surface area contributed by atoms with Gasteiger partial charge in [-0.2, -0.15) is 0 Å². The van der Waals surface area contributed by atoms with E-state index in [1.165, 1.54) is 18.2 Å². The largest absolute Gasteiger partial charge is 0.347 e. The van der Waals surface area contributed by atoms with E-state index >= 15 is 0 Å². The van der Waals surface area contributed by atoms with Gasteiger partial charge >= 0.3 is 0 Å². The van der Waals surface area contributed by atoms with Gasteiger partial charge in [0.1, 0.15) is 4.90 Å². The van der Waals surface area contributed by atoms with Crippen molar-refractivity contribution in [1.82, 2.24) is 9.62 Å². The van der Waals surface area contributed by atoms with Crippen molar-refractivity contribution in [3.63, 3.8) is 0 Å². The minimum absolute atomic E-state index is 0.104. The van der Waals surface area contributed by atoms with Crippen molar-refractivity contribution < 1.29 is 18.0 Å². The van der Waals surface area contributed by atoms with E-state index in [-0.39, 0.29) is 21.9 Å². The number of nitrogens with one attached hydrogen (secondary N) is 1. The quantitative estimate of drug-likeness (QED) is 0.898. The summed E-state index contributed by atoms with van der Waals surface area (Å²) in [6, 6.07) is 3.66. The Morgan fingerprint density at radius 2 is 1.82 bits per heavy atom. The minimum Gasteiger partial charge on any atom is -0.347 e. The van der Waals surface area contributed by atoms with Crippen LogP contribution in [0.3, 0.4) is 0 Å². The molecule has 1 aromatic rings. The number of hydrogen-bond donors (Lipinski definition) is 1. The third kappa shape index (κ3) is 2.72. The predicted octanol–water partition coefficient (Wildman–Crippen LogP) is 1.77. The summed E-state index contributed by atoms with van der Waals surface area (Å²) in [6.45, 7) is 8.76. The smallest absolute Gasteiger partial charge is 0.269 e. The first-order valence-corrected chi connectivity index (χ1v) is 8.44. The maximum atomic E-state index is 12.5. The van der Waals surface area contributed by atoms with Crippen LogP contribution in [-0.4, -0.2) is 36.1 Å². The number of benzene rings is 1. The van der Waals surface area contributed by atoms with Crippen molar-refractivity contribution in [1.29, 1.82) is 0 Å². The van der Waals surface area contributed by atoms with E-state index in [4.69, 9.17) is 0 Å². The molecule has 6 nitrogen and oxygen atoms in total. The Kier molecular flexibility index (Phi) is 3.81. The SMILES string of the molecule is CC(C)N1C(=O)c2ccc(C(=O)NC(C)(C)C)cc2S1(=O)=O. The van der Waals surface area contributed by atoms with Gasteiger partial charge < -0.3 is 5.32 Å². The van der Waals surface area contributed by atoms with Gasteiger partial charge in [0.05, 0.1) is 5.56 Å². The summed E-state index contributed by atoms with van der Waals surface area (Å²) < 4.78 is 25.8. The molecule has 2 amide bonds. The van der Waals surface area contributed by atoms with Gasteiger partial charge in [-0.15, -0.1) is 0 Å². The minimum atomic E-state index is -3.89. The Labute approximate surface area is 130 Å². The summed E-state index contributed by atoms with van der Waals surface area (Å²) in [5.74, 6) is -0.922. The van der Waals surface area contributed by atoms with Crippen LogP contribution in [0.15, 0.2) is 23.1 Å². The Hall–Kier alpha value is -1.89. The second kappa shape index (κ2) is 5.08. The average molecular weight is 324 g/mol. The highest BCUT2D eigenvalue weighted by Gasteiger charge is 2.43. The van der Waals surface area contributed by atoms with Crippen LogP contribution < -0.4 is 5.32 Å². The zero-order chi connectivity index (χ0) is 16.9. The Morgan fingerprint density at radius 3 is 2.32 bits per heavy atom. The van der Waals surface area contributed by atoms with Crippen LogP contribution in [0.25, 0.3) is 0 Å². The molecule has 0 aliphatic carbocycles. The Balaban J connectivity index is 2.49. The highest BCUT2D eigenvalue weighted by atomic mass is 32.2. The molecule has 1 aliphatic rings. The fourth-order valence-electron chi connectivity index (χ4n) is 2.31. The number of amides is 2. The van der Waals surface area contributed by atoms with E-state index < -0.39 is 27.5 Å². The van der Waals surface area contributed by atoms with E-state index in [2.05, 4.69) is 5.32 Å². The molecule has 2 rings (SSSR count). The molecular formula is C15H20N2O4S. The molecule has 0 atom stereocenters. The lowest BCUT2D eigenvalue weighted by atomic mass is 10.1.